The molecule has 0 radical (unpaired) electrons. The van der Waals surface area contributed by atoms with Crippen LogP contribution in [0.4, 0.5) is 0 Å². The Kier molecular flexibility index (Phi) is 4.34. The van der Waals surface area contributed by atoms with Crippen molar-refractivity contribution in [3.63, 3.8) is 0 Å². The lowest BCUT2D eigenvalue weighted by Gasteiger charge is -2.33. The van der Waals surface area contributed by atoms with Gasteiger partial charge in [0.05, 0.1) is 6.26 Å². The average molecular weight is 274 g/mol. The molecule has 0 amide bonds. The second-order valence-electron chi connectivity index (χ2n) is 6.12. The number of piperidine rings is 1. The summed E-state index contributed by atoms with van der Waals surface area (Å²) in [5, 5.41) is 3.75. The third-order valence-electron chi connectivity index (χ3n) is 4.84. The van der Waals surface area contributed by atoms with E-state index in [1.807, 2.05) is 0 Å². The maximum atomic E-state index is 11.4. The van der Waals surface area contributed by atoms with Gasteiger partial charge in [-0.1, -0.05) is 13.8 Å². The lowest BCUT2D eigenvalue weighted by atomic mass is 9.96. The SMILES string of the molecule is CC1CCC(NC2CCN(S(C)(=O)=O)CC2)C1C. The Morgan fingerprint density at radius 3 is 2.11 bits per heavy atom. The van der Waals surface area contributed by atoms with Crippen LogP contribution in [0.1, 0.15) is 39.5 Å². The van der Waals surface area contributed by atoms with Crippen molar-refractivity contribution < 1.29 is 8.42 Å². The van der Waals surface area contributed by atoms with Crippen molar-refractivity contribution in [2.24, 2.45) is 11.8 Å². The van der Waals surface area contributed by atoms with Gasteiger partial charge in [0.15, 0.2) is 0 Å². The minimum atomic E-state index is -2.99. The van der Waals surface area contributed by atoms with E-state index in [4.69, 9.17) is 0 Å². The molecule has 0 aromatic carbocycles. The lowest BCUT2D eigenvalue weighted by molar-refractivity contribution is 0.254. The van der Waals surface area contributed by atoms with Gasteiger partial charge in [0.25, 0.3) is 0 Å². The van der Waals surface area contributed by atoms with E-state index in [2.05, 4.69) is 19.2 Å². The van der Waals surface area contributed by atoms with Crippen molar-refractivity contribution in [2.45, 2.75) is 51.6 Å². The van der Waals surface area contributed by atoms with E-state index < -0.39 is 10.0 Å². The second-order valence-corrected chi connectivity index (χ2v) is 8.11. The maximum Gasteiger partial charge on any atom is 0.211 e. The van der Waals surface area contributed by atoms with Crippen LogP contribution in [0.25, 0.3) is 0 Å². The largest absolute Gasteiger partial charge is 0.311 e. The third-order valence-corrected chi connectivity index (χ3v) is 6.14. The van der Waals surface area contributed by atoms with Gasteiger partial charge in [-0.2, -0.15) is 0 Å². The van der Waals surface area contributed by atoms with Crippen LogP contribution in [0.2, 0.25) is 0 Å². The number of rotatable bonds is 3. The Balaban J connectivity index is 1.81. The molecule has 1 saturated heterocycles. The van der Waals surface area contributed by atoms with Gasteiger partial charge >= 0.3 is 0 Å². The first kappa shape index (κ1) is 14.3. The Labute approximate surface area is 111 Å². The monoisotopic (exact) mass is 274 g/mol. The molecular weight excluding hydrogens is 248 g/mol. The van der Waals surface area contributed by atoms with E-state index in [1.54, 1.807) is 4.31 Å². The van der Waals surface area contributed by atoms with Crippen LogP contribution >= 0.6 is 0 Å². The summed E-state index contributed by atoms with van der Waals surface area (Å²) in [6, 6.07) is 1.13. The van der Waals surface area contributed by atoms with Crippen LogP contribution in [0.15, 0.2) is 0 Å². The van der Waals surface area contributed by atoms with E-state index in [0.717, 1.165) is 24.7 Å². The first-order valence-corrected chi connectivity index (χ1v) is 8.94. The molecule has 0 bridgehead atoms. The Morgan fingerprint density at radius 1 is 1.06 bits per heavy atom. The highest BCUT2D eigenvalue weighted by Crippen LogP contribution is 2.32. The van der Waals surface area contributed by atoms with Crippen LogP contribution in [0, 0.1) is 11.8 Å². The highest BCUT2D eigenvalue weighted by Gasteiger charge is 2.32. The van der Waals surface area contributed by atoms with E-state index >= 15 is 0 Å². The fourth-order valence-corrected chi connectivity index (χ4v) is 4.13. The predicted octanol–water partition coefficient (Wildman–Crippen LogP) is 1.43. The van der Waals surface area contributed by atoms with Crippen molar-refractivity contribution in [2.75, 3.05) is 19.3 Å². The van der Waals surface area contributed by atoms with Gasteiger partial charge in [0, 0.05) is 25.2 Å². The molecule has 0 aromatic heterocycles. The van der Waals surface area contributed by atoms with E-state index in [1.165, 1.54) is 19.1 Å². The predicted molar refractivity (Wildman–Crippen MR) is 73.9 cm³/mol. The zero-order valence-electron chi connectivity index (χ0n) is 11.7. The van der Waals surface area contributed by atoms with E-state index in [0.29, 0.717) is 25.2 Å². The molecule has 1 aliphatic heterocycles. The number of nitrogens with one attached hydrogen (secondary N) is 1. The zero-order chi connectivity index (χ0) is 13.3. The topological polar surface area (TPSA) is 49.4 Å². The van der Waals surface area contributed by atoms with Crippen molar-refractivity contribution >= 4 is 10.0 Å². The van der Waals surface area contributed by atoms with Crippen LogP contribution in [0.3, 0.4) is 0 Å². The molecular formula is C13H26N2O2S. The van der Waals surface area contributed by atoms with Crippen molar-refractivity contribution in [3.8, 4) is 0 Å². The van der Waals surface area contributed by atoms with Gasteiger partial charge in [0.2, 0.25) is 10.0 Å². The van der Waals surface area contributed by atoms with Crippen LogP contribution in [-0.2, 0) is 10.0 Å². The smallest absolute Gasteiger partial charge is 0.211 e. The van der Waals surface area contributed by atoms with Crippen LogP contribution in [0.5, 0.6) is 0 Å². The van der Waals surface area contributed by atoms with Crippen molar-refractivity contribution in [1.29, 1.82) is 0 Å². The van der Waals surface area contributed by atoms with Gasteiger partial charge in [0.1, 0.15) is 0 Å². The number of hydrogen-bond donors (Lipinski definition) is 1. The van der Waals surface area contributed by atoms with Crippen molar-refractivity contribution in [3.05, 3.63) is 0 Å². The Morgan fingerprint density at radius 2 is 1.67 bits per heavy atom. The third kappa shape index (κ3) is 3.25. The molecule has 1 aliphatic carbocycles. The number of hydrogen-bond acceptors (Lipinski definition) is 3. The minimum Gasteiger partial charge on any atom is -0.311 e. The Hall–Kier alpha value is -0.130. The average Bonchev–Trinajstić information content (AvgIpc) is 2.61. The molecule has 2 fully saturated rings. The summed E-state index contributed by atoms with van der Waals surface area (Å²) in [5.74, 6) is 1.57. The van der Waals surface area contributed by atoms with Crippen LogP contribution < -0.4 is 5.32 Å². The second kappa shape index (κ2) is 5.47. The molecule has 1 heterocycles. The lowest BCUT2D eigenvalue weighted by Crippen LogP contribution is -2.48. The molecule has 3 unspecified atom stereocenters. The normalized spacial score (nSPS) is 36.1. The summed E-state index contributed by atoms with van der Waals surface area (Å²) in [6.45, 7) is 6.01. The molecule has 2 rings (SSSR count). The molecule has 106 valence electrons. The Bertz CT molecular complexity index is 374. The fourth-order valence-electron chi connectivity index (χ4n) is 3.26. The quantitative estimate of drug-likeness (QED) is 0.847. The summed E-state index contributed by atoms with van der Waals surface area (Å²) in [5.41, 5.74) is 0. The van der Waals surface area contributed by atoms with Crippen molar-refractivity contribution in [1.82, 2.24) is 9.62 Å². The molecule has 18 heavy (non-hydrogen) atoms. The summed E-state index contributed by atoms with van der Waals surface area (Å²) in [4.78, 5) is 0. The van der Waals surface area contributed by atoms with E-state index in [9.17, 15) is 8.42 Å². The van der Waals surface area contributed by atoms with Gasteiger partial charge in [-0.25, -0.2) is 12.7 Å². The summed E-state index contributed by atoms with van der Waals surface area (Å²) in [7, 11) is -2.99. The standard InChI is InChI=1S/C13H26N2O2S/c1-10-4-5-13(11(10)2)14-12-6-8-15(9-7-12)18(3,16)17/h10-14H,4-9H2,1-3H3. The first-order chi connectivity index (χ1) is 8.38. The summed E-state index contributed by atoms with van der Waals surface area (Å²) in [6.07, 6.45) is 5.80. The zero-order valence-corrected chi connectivity index (χ0v) is 12.5. The van der Waals surface area contributed by atoms with E-state index in [-0.39, 0.29) is 0 Å². The molecule has 4 nitrogen and oxygen atoms in total. The first-order valence-electron chi connectivity index (χ1n) is 7.09. The van der Waals surface area contributed by atoms with Gasteiger partial charge in [-0.3, -0.25) is 0 Å². The van der Waals surface area contributed by atoms with Gasteiger partial charge in [-0.05, 0) is 37.5 Å². The highest BCUT2D eigenvalue weighted by molar-refractivity contribution is 7.88. The summed E-state index contributed by atoms with van der Waals surface area (Å²) < 4.78 is 24.5. The van der Waals surface area contributed by atoms with Crippen LogP contribution in [-0.4, -0.2) is 44.2 Å². The molecule has 1 saturated carbocycles. The summed E-state index contributed by atoms with van der Waals surface area (Å²) >= 11 is 0. The minimum absolute atomic E-state index is 0.501. The molecule has 0 aromatic rings. The fraction of sp³-hybridized carbons (Fsp3) is 1.00. The molecule has 1 N–H and O–H groups in total. The van der Waals surface area contributed by atoms with Gasteiger partial charge in [-0.15, -0.1) is 0 Å². The maximum absolute atomic E-state index is 11.4. The van der Waals surface area contributed by atoms with Gasteiger partial charge < -0.3 is 5.32 Å². The number of nitrogens with zero attached hydrogens (tertiary/aromatic N) is 1. The number of sulfonamides is 1. The molecule has 3 atom stereocenters. The highest BCUT2D eigenvalue weighted by atomic mass is 32.2. The molecule has 5 heteroatoms. The molecule has 0 spiro atoms. The molecule has 2 aliphatic rings.